The molecule has 1 saturated heterocycles. The third-order valence-electron chi connectivity index (χ3n) is 4.38. The maximum Gasteiger partial charge on any atom is 0.270 e. The van der Waals surface area contributed by atoms with Crippen molar-refractivity contribution >= 4 is 39.6 Å². The first kappa shape index (κ1) is 19.9. The van der Waals surface area contributed by atoms with Crippen molar-refractivity contribution in [3.8, 4) is 5.88 Å². The minimum atomic E-state index is -0.469. The van der Waals surface area contributed by atoms with Crippen LogP contribution in [-0.4, -0.2) is 57.5 Å². The molecular formula is C17H22N6O4S. The second-order valence-electron chi connectivity index (χ2n) is 6.21. The maximum absolute atomic E-state index is 11.2. The number of nitrogens with one attached hydrogen (secondary N) is 3. The van der Waals surface area contributed by atoms with Gasteiger partial charge in [-0.15, -0.1) is 6.58 Å². The first-order chi connectivity index (χ1) is 13.5. The third-order valence-corrected chi connectivity index (χ3v) is 4.63. The molecule has 0 amide bonds. The Kier molecular flexibility index (Phi) is 6.29. The predicted molar refractivity (Wildman–Crippen MR) is 110 cm³/mol. The largest absolute Gasteiger partial charge is 0.493 e. The lowest BCUT2D eigenvalue weighted by atomic mass is 10.2. The molecule has 1 fully saturated rings. The molecule has 11 heteroatoms. The predicted octanol–water partition coefficient (Wildman–Crippen LogP) is 1.52. The van der Waals surface area contributed by atoms with Gasteiger partial charge in [-0.05, 0) is 18.3 Å². The molecule has 0 spiro atoms. The third kappa shape index (κ3) is 4.32. The molecule has 1 aliphatic heterocycles. The molecular weight excluding hydrogens is 384 g/mol. The summed E-state index contributed by atoms with van der Waals surface area (Å²) in [4.78, 5) is 12.9. The number of hydrogen-bond donors (Lipinski definition) is 4. The van der Waals surface area contributed by atoms with E-state index in [9.17, 15) is 15.2 Å². The van der Waals surface area contributed by atoms with E-state index in [4.69, 9.17) is 17.0 Å². The van der Waals surface area contributed by atoms with Crippen LogP contribution in [-0.2, 0) is 11.4 Å². The Morgan fingerprint density at radius 3 is 2.86 bits per heavy atom. The number of aromatic hydroxyl groups is 1. The van der Waals surface area contributed by atoms with Gasteiger partial charge in [-0.3, -0.25) is 30.4 Å². The zero-order chi connectivity index (χ0) is 20.1. The highest BCUT2D eigenvalue weighted by Gasteiger charge is 2.22. The Morgan fingerprint density at radius 1 is 1.43 bits per heavy atom. The van der Waals surface area contributed by atoms with Gasteiger partial charge in [-0.25, -0.2) is 0 Å². The van der Waals surface area contributed by atoms with Crippen molar-refractivity contribution in [1.82, 2.24) is 20.2 Å². The summed E-state index contributed by atoms with van der Waals surface area (Å²) in [5.74, 6) is -0.0407. The van der Waals surface area contributed by atoms with E-state index in [1.54, 1.807) is 16.7 Å². The lowest BCUT2D eigenvalue weighted by Crippen LogP contribution is -2.38. The minimum Gasteiger partial charge on any atom is -0.493 e. The van der Waals surface area contributed by atoms with E-state index in [0.29, 0.717) is 48.1 Å². The van der Waals surface area contributed by atoms with Gasteiger partial charge in [0.25, 0.3) is 5.69 Å². The van der Waals surface area contributed by atoms with Crippen LogP contribution in [0.3, 0.4) is 0 Å². The molecule has 1 aromatic heterocycles. The molecule has 2 heterocycles. The number of aromatic nitrogens is 1. The van der Waals surface area contributed by atoms with Gasteiger partial charge in [0, 0.05) is 37.2 Å². The molecule has 2 aromatic rings. The van der Waals surface area contributed by atoms with Crippen LogP contribution in [0.1, 0.15) is 0 Å². The van der Waals surface area contributed by atoms with Crippen LogP contribution in [0.4, 0.5) is 11.4 Å². The summed E-state index contributed by atoms with van der Waals surface area (Å²) < 4.78 is 7.06. The summed E-state index contributed by atoms with van der Waals surface area (Å²) >= 11 is 5.14. The van der Waals surface area contributed by atoms with Gasteiger partial charge in [-0.1, -0.05) is 6.08 Å². The molecule has 0 saturated carbocycles. The number of thiocarbonyl (C=S) groups is 1. The van der Waals surface area contributed by atoms with Crippen molar-refractivity contribution in [2.24, 2.45) is 0 Å². The number of nitro benzene ring substituents is 1. The van der Waals surface area contributed by atoms with Crippen molar-refractivity contribution in [3.05, 3.63) is 41.0 Å². The van der Waals surface area contributed by atoms with Crippen molar-refractivity contribution in [3.63, 3.8) is 0 Å². The highest BCUT2D eigenvalue weighted by atomic mass is 32.1. The van der Waals surface area contributed by atoms with E-state index >= 15 is 0 Å². The molecule has 4 N–H and O–H groups in total. The SMILES string of the molecule is C=CCNC(=S)NNc1c(O)n(CN2CCOCC2)c2ccc([N+](=O)[O-])cc12. The Bertz CT molecular complexity index is 893. The van der Waals surface area contributed by atoms with E-state index in [1.165, 1.54) is 12.1 Å². The Balaban J connectivity index is 1.93. The number of nitro groups is 1. The fourth-order valence-electron chi connectivity index (χ4n) is 2.98. The van der Waals surface area contributed by atoms with Crippen LogP contribution >= 0.6 is 12.2 Å². The van der Waals surface area contributed by atoms with Crippen molar-refractivity contribution in [1.29, 1.82) is 0 Å². The van der Waals surface area contributed by atoms with Crippen LogP contribution < -0.4 is 16.2 Å². The van der Waals surface area contributed by atoms with Crippen LogP contribution in [0.25, 0.3) is 10.9 Å². The van der Waals surface area contributed by atoms with Crippen molar-refractivity contribution in [2.75, 3.05) is 38.3 Å². The first-order valence-corrected chi connectivity index (χ1v) is 9.12. The van der Waals surface area contributed by atoms with E-state index in [1.807, 2.05) is 0 Å². The van der Waals surface area contributed by atoms with E-state index in [0.717, 1.165) is 13.1 Å². The molecule has 1 aliphatic rings. The van der Waals surface area contributed by atoms with Crippen LogP contribution in [0.15, 0.2) is 30.9 Å². The summed E-state index contributed by atoms with van der Waals surface area (Å²) in [7, 11) is 0. The Hall–Kier alpha value is -2.89. The minimum absolute atomic E-state index is 0.0407. The highest BCUT2D eigenvalue weighted by Crippen LogP contribution is 2.38. The summed E-state index contributed by atoms with van der Waals surface area (Å²) in [6.45, 7) is 7.24. The fourth-order valence-corrected chi connectivity index (χ4v) is 3.11. The molecule has 0 bridgehead atoms. The number of fused-ring (bicyclic) bond motifs is 1. The van der Waals surface area contributed by atoms with E-state index in [2.05, 4.69) is 27.6 Å². The van der Waals surface area contributed by atoms with Crippen LogP contribution in [0, 0.1) is 10.1 Å². The fraction of sp³-hybridized carbons (Fsp3) is 0.353. The summed E-state index contributed by atoms with van der Waals surface area (Å²) in [5, 5.41) is 25.7. The number of hydrogen-bond acceptors (Lipinski definition) is 7. The van der Waals surface area contributed by atoms with Crippen LogP contribution in [0.2, 0.25) is 0 Å². The summed E-state index contributed by atoms with van der Waals surface area (Å²) in [6.07, 6.45) is 1.66. The van der Waals surface area contributed by atoms with Crippen molar-refractivity contribution < 1.29 is 14.8 Å². The average molecular weight is 406 g/mol. The Labute approximate surface area is 166 Å². The molecule has 0 radical (unpaired) electrons. The lowest BCUT2D eigenvalue weighted by molar-refractivity contribution is -0.384. The van der Waals surface area contributed by atoms with Crippen molar-refractivity contribution in [2.45, 2.75) is 6.67 Å². The molecule has 0 aliphatic carbocycles. The lowest BCUT2D eigenvalue weighted by Gasteiger charge is -2.27. The number of hydrazine groups is 1. The van der Waals surface area contributed by atoms with E-state index < -0.39 is 4.92 Å². The van der Waals surface area contributed by atoms with Gasteiger partial charge in [0.2, 0.25) is 5.88 Å². The molecule has 150 valence electrons. The number of non-ortho nitro benzene ring substituents is 1. The molecule has 28 heavy (non-hydrogen) atoms. The molecule has 0 atom stereocenters. The normalized spacial score (nSPS) is 14.6. The van der Waals surface area contributed by atoms with Gasteiger partial charge in [0.05, 0.1) is 30.3 Å². The monoisotopic (exact) mass is 406 g/mol. The number of nitrogens with zero attached hydrogens (tertiary/aromatic N) is 3. The summed E-state index contributed by atoms with van der Waals surface area (Å²) in [5.41, 5.74) is 6.56. The van der Waals surface area contributed by atoms with E-state index in [-0.39, 0.29) is 11.6 Å². The van der Waals surface area contributed by atoms with Gasteiger partial charge in [0.1, 0.15) is 5.69 Å². The maximum atomic E-state index is 11.2. The topological polar surface area (TPSA) is 117 Å². The Morgan fingerprint density at radius 2 is 2.18 bits per heavy atom. The van der Waals surface area contributed by atoms with Gasteiger partial charge in [0.15, 0.2) is 5.11 Å². The number of ether oxygens (including phenoxy) is 1. The molecule has 1 aromatic carbocycles. The molecule has 0 unspecified atom stereocenters. The quantitative estimate of drug-likeness (QED) is 0.235. The number of rotatable bonds is 7. The number of anilines is 1. The summed E-state index contributed by atoms with van der Waals surface area (Å²) in [6, 6.07) is 4.48. The van der Waals surface area contributed by atoms with Crippen LogP contribution in [0.5, 0.6) is 5.88 Å². The molecule has 10 nitrogen and oxygen atoms in total. The zero-order valence-electron chi connectivity index (χ0n) is 15.2. The zero-order valence-corrected chi connectivity index (χ0v) is 16.0. The number of morpholine rings is 1. The second-order valence-corrected chi connectivity index (χ2v) is 6.61. The average Bonchev–Trinajstić information content (AvgIpc) is 2.96. The van der Waals surface area contributed by atoms with Gasteiger partial charge in [-0.2, -0.15) is 0 Å². The first-order valence-electron chi connectivity index (χ1n) is 8.71. The van der Waals surface area contributed by atoms with Gasteiger partial charge < -0.3 is 15.2 Å². The highest BCUT2D eigenvalue weighted by molar-refractivity contribution is 7.80. The number of benzene rings is 1. The van der Waals surface area contributed by atoms with Gasteiger partial charge >= 0.3 is 0 Å². The second kappa shape index (κ2) is 8.87. The smallest absolute Gasteiger partial charge is 0.270 e. The standard InChI is InChI=1S/C17H22N6O4S/c1-2-5-18-17(28)20-19-15-13-10-12(23(25)26)3-4-14(13)22(16(15)24)11-21-6-8-27-9-7-21/h2-4,10,19,24H,1,5-9,11H2,(H2,18,20,28). The molecule has 3 rings (SSSR count).